The zero-order chi connectivity index (χ0) is 22.8. The van der Waals surface area contributed by atoms with Gasteiger partial charge < -0.3 is 10.2 Å². The number of fused-ring (bicyclic) bond motifs is 1. The fourth-order valence-electron chi connectivity index (χ4n) is 5.24. The monoisotopic (exact) mass is 458 g/mol. The van der Waals surface area contributed by atoms with Gasteiger partial charge in [0.05, 0.1) is 5.41 Å². The number of aryl methyl sites for hydroxylation is 1. The van der Waals surface area contributed by atoms with E-state index in [9.17, 15) is 9.59 Å². The first-order valence-corrected chi connectivity index (χ1v) is 12.0. The molecule has 33 heavy (non-hydrogen) atoms. The van der Waals surface area contributed by atoms with Crippen molar-refractivity contribution in [3.05, 3.63) is 94.5 Å². The zero-order valence-electron chi connectivity index (χ0n) is 18.5. The van der Waals surface area contributed by atoms with Crippen LogP contribution in [0.25, 0.3) is 0 Å². The molecule has 0 unspecified atom stereocenters. The van der Waals surface area contributed by atoms with Crippen molar-refractivity contribution in [2.75, 3.05) is 16.8 Å². The lowest BCUT2D eigenvalue weighted by Crippen LogP contribution is -2.38. The topological polar surface area (TPSA) is 49.4 Å². The second-order valence-electron chi connectivity index (χ2n) is 9.02. The Hall–Kier alpha value is -3.11. The van der Waals surface area contributed by atoms with Crippen molar-refractivity contribution >= 4 is 34.8 Å². The first kappa shape index (κ1) is 21.7. The summed E-state index contributed by atoms with van der Waals surface area (Å²) in [6, 6.07) is 23.0. The lowest BCUT2D eigenvalue weighted by molar-refractivity contribution is -0.121. The second kappa shape index (κ2) is 9.03. The number of carbonyl (C=O) groups is 2. The third kappa shape index (κ3) is 4.16. The first-order chi connectivity index (χ1) is 16.1. The maximum absolute atomic E-state index is 13.6. The maximum atomic E-state index is 13.6. The summed E-state index contributed by atoms with van der Waals surface area (Å²) in [7, 11) is 0. The maximum Gasteiger partial charge on any atom is 0.258 e. The van der Waals surface area contributed by atoms with Crippen LogP contribution in [0, 0.1) is 0 Å². The Kier molecular flexibility index (Phi) is 5.94. The van der Waals surface area contributed by atoms with Crippen molar-refractivity contribution in [3.63, 3.8) is 0 Å². The normalized spacial score (nSPS) is 16.8. The van der Waals surface area contributed by atoms with E-state index in [0.717, 1.165) is 61.0 Å². The highest BCUT2D eigenvalue weighted by Crippen LogP contribution is 2.42. The molecular formula is C28H27ClN2O2. The minimum absolute atomic E-state index is 0.00606. The highest BCUT2D eigenvalue weighted by atomic mass is 35.5. The van der Waals surface area contributed by atoms with Crippen molar-refractivity contribution in [3.8, 4) is 0 Å². The summed E-state index contributed by atoms with van der Waals surface area (Å²) in [6.07, 6.45) is 5.56. The van der Waals surface area contributed by atoms with Gasteiger partial charge in [0.1, 0.15) is 0 Å². The third-order valence-electron chi connectivity index (χ3n) is 7.02. The van der Waals surface area contributed by atoms with Gasteiger partial charge in [0.2, 0.25) is 5.91 Å². The molecule has 0 saturated heterocycles. The highest BCUT2D eigenvalue weighted by molar-refractivity contribution is 6.30. The van der Waals surface area contributed by atoms with Crippen LogP contribution in [0.15, 0.2) is 72.8 Å². The van der Waals surface area contributed by atoms with E-state index in [4.69, 9.17) is 11.6 Å². The molecule has 0 radical (unpaired) electrons. The van der Waals surface area contributed by atoms with E-state index in [2.05, 4.69) is 5.32 Å². The summed E-state index contributed by atoms with van der Waals surface area (Å²) < 4.78 is 0. The summed E-state index contributed by atoms with van der Waals surface area (Å²) >= 11 is 6.09. The molecule has 3 aromatic rings. The number of amides is 2. The van der Waals surface area contributed by atoms with E-state index in [1.54, 1.807) is 0 Å². The van der Waals surface area contributed by atoms with Crippen LogP contribution in [0.5, 0.6) is 0 Å². The van der Waals surface area contributed by atoms with Crippen LogP contribution in [-0.2, 0) is 16.6 Å². The standard InChI is InChI=1S/C28H27ClN2O2/c29-23-13-11-22(12-14-23)28(16-4-5-17-28)27(33)30-24-15-10-20-9-6-18-31(25(20)19-24)26(32)21-7-2-1-3-8-21/h1-3,7-8,10-15,19H,4-6,9,16-18H2,(H,30,33). The van der Waals surface area contributed by atoms with E-state index < -0.39 is 5.41 Å². The van der Waals surface area contributed by atoms with Crippen LogP contribution in [0.3, 0.4) is 0 Å². The Morgan fingerprint density at radius 1 is 0.879 bits per heavy atom. The van der Waals surface area contributed by atoms with Gasteiger partial charge in [0.25, 0.3) is 5.91 Å². The summed E-state index contributed by atoms with van der Waals surface area (Å²) in [5.41, 5.74) is 3.90. The van der Waals surface area contributed by atoms with Gasteiger partial charge in [-0.25, -0.2) is 0 Å². The molecule has 168 valence electrons. The molecule has 1 heterocycles. The average molecular weight is 459 g/mol. The molecule has 2 amide bonds. The number of benzene rings is 3. The minimum Gasteiger partial charge on any atom is -0.325 e. The molecule has 0 spiro atoms. The Morgan fingerprint density at radius 3 is 2.33 bits per heavy atom. The molecule has 4 nitrogen and oxygen atoms in total. The second-order valence-corrected chi connectivity index (χ2v) is 9.46. The van der Waals surface area contributed by atoms with Gasteiger partial charge in [-0.1, -0.05) is 60.8 Å². The molecule has 1 aliphatic heterocycles. The highest BCUT2D eigenvalue weighted by Gasteiger charge is 2.42. The van der Waals surface area contributed by atoms with Gasteiger partial charge in [-0.15, -0.1) is 0 Å². The molecule has 0 aromatic heterocycles. The minimum atomic E-state index is -0.542. The predicted molar refractivity (Wildman–Crippen MR) is 133 cm³/mol. The molecule has 0 bridgehead atoms. The van der Waals surface area contributed by atoms with Crippen LogP contribution in [0.1, 0.15) is 53.6 Å². The summed E-state index contributed by atoms with van der Waals surface area (Å²) in [5, 5.41) is 3.85. The Labute approximate surface area is 199 Å². The van der Waals surface area contributed by atoms with E-state index in [1.807, 2.05) is 77.7 Å². The van der Waals surface area contributed by atoms with Crippen molar-refractivity contribution in [1.29, 1.82) is 0 Å². The van der Waals surface area contributed by atoms with Crippen LogP contribution >= 0.6 is 11.6 Å². The molecule has 2 aliphatic rings. The number of hydrogen-bond acceptors (Lipinski definition) is 2. The molecule has 3 aromatic carbocycles. The Morgan fingerprint density at radius 2 is 1.61 bits per heavy atom. The van der Waals surface area contributed by atoms with Gasteiger partial charge in [0.15, 0.2) is 0 Å². The Bertz CT molecular complexity index is 1170. The van der Waals surface area contributed by atoms with E-state index in [0.29, 0.717) is 17.1 Å². The fraction of sp³-hybridized carbons (Fsp3) is 0.286. The molecule has 0 atom stereocenters. The smallest absolute Gasteiger partial charge is 0.258 e. The predicted octanol–water partition coefficient (Wildman–Crippen LogP) is 6.38. The number of carbonyl (C=O) groups excluding carboxylic acids is 2. The van der Waals surface area contributed by atoms with Gasteiger partial charge in [-0.05, 0) is 73.2 Å². The van der Waals surface area contributed by atoms with Crippen molar-refractivity contribution < 1.29 is 9.59 Å². The van der Waals surface area contributed by atoms with Crippen molar-refractivity contribution in [1.82, 2.24) is 0 Å². The van der Waals surface area contributed by atoms with Gasteiger partial charge in [-0.2, -0.15) is 0 Å². The van der Waals surface area contributed by atoms with Crippen molar-refractivity contribution in [2.45, 2.75) is 43.9 Å². The molecule has 5 heteroatoms. The largest absolute Gasteiger partial charge is 0.325 e. The SMILES string of the molecule is O=C(c1ccccc1)N1CCCc2ccc(NC(=O)C3(c4ccc(Cl)cc4)CCCC3)cc21. The van der Waals surface area contributed by atoms with Crippen LogP contribution in [-0.4, -0.2) is 18.4 Å². The number of rotatable bonds is 4. The molecule has 1 N–H and O–H groups in total. The molecular weight excluding hydrogens is 432 g/mol. The first-order valence-electron chi connectivity index (χ1n) is 11.6. The van der Waals surface area contributed by atoms with E-state index in [-0.39, 0.29) is 11.8 Å². The fourth-order valence-corrected chi connectivity index (χ4v) is 5.37. The molecule has 1 aliphatic carbocycles. The summed E-state index contributed by atoms with van der Waals surface area (Å²) in [5.74, 6) is 0.00692. The van der Waals surface area contributed by atoms with Crippen LogP contribution in [0.4, 0.5) is 11.4 Å². The third-order valence-corrected chi connectivity index (χ3v) is 7.27. The average Bonchev–Trinajstić information content (AvgIpc) is 3.35. The van der Waals surface area contributed by atoms with Gasteiger partial charge in [-0.3, -0.25) is 9.59 Å². The molecule has 5 rings (SSSR count). The number of anilines is 2. The lowest BCUT2D eigenvalue weighted by atomic mass is 9.78. The van der Waals surface area contributed by atoms with E-state index >= 15 is 0 Å². The molecule has 1 saturated carbocycles. The quantitative estimate of drug-likeness (QED) is 0.492. The summed E-state index contributed by atoms with van der Waals surface area (Å²) in [4.78, 5) is 28.6. The summed E-state index contributed by atoms with van der Waals surface area (Å²) in [6.45, 7) is 0.673. The van der Waals surface area contributed by atoms with Gasteiger partial charge >= 0.3 is 0 Å². The lowest BCUT2D eigenvalue weighted by Gasteiger charge is -2.31. The Balaban J connectivity index is 1.43. The number of nitrogens with one attached hydrogen (secondary N) is 1. The van der Waals surface area contributed by atoms with Gasteiger partial charge in [0, 0.05) is 28.5 Å². The van der Waals surface area contributed by atoms with Crippen molar-refractivity contribution in [2.24, 2.45) is 0 Å². The van der Waals surface area contributed by atoms with E-state index in [1.165, 1.54) is 0 Å². The zero-order valence-corrected chi connectivity index (χ0v) is 19.3. The number of hydrogen-bond donors (Lipinski definition) is 1. The van der Waals surface area contributed by atoms with Crippen LogP contribution in [0.2, 0.25) is 5.02 Å². The number of nitrogens with zero attached hydrogens (tertiary/aromatic N) is 1. The molecule has 1 fully saturated rings. The van der Waals surface area contributed by atoms with Crippen LogP contribution < -0.4 is 10.2 Å². The number of halogens is 1.